The van der Waals surface area contributed by atoms with E-state index in [2.05, 4.69) is 0 Å². The van der Waals surface area contributed by atoms with E-state index in [1.807, 2.05) is 0 Å². The molecule has 0 aromatic rings. The zero-order chi connectivity index (χ0) is 13.4. The highest BCUT2D eigenvalue weighted by Gasteiger charge is 2.40. The fraction of sp³-hybridized carbons (Fsp3) is 1.00. The maximum atomic E-state index is 11.9. The minimum absolute atomic E-state index is 0.0323. The molecule has 2 aliphatic rings. The molecule has 18 heavy (non-hydrogen) atoms. The quantitative estimate of drug-likeness (QED) is 0.782. The number of nitrogens with one attached hydrogen (secondary N) is 1. The van der Waals surface area contributed by atoms with Gasteiger partial charge in [-0.25, -0.2) is 8.42 Å². The summed E-state index contributed by atoms with van der Waals surface area (Å²) < 4.78 is 63.8. The highest BCUT2D eigenvalue weighted by Crippen LogP contribution is 2.45. The van der Waals surface area contributed by atoms with E-state index in [1.165, 1.54) is 6.42 Å². The van der Waals surface area contributed by atoms with Crippen molar-refractivity contribution < 1.29 is 26.3 Å². The normalized spacial score (nSPS) is 32.1. The van der Waals surface area contributed by atoms with E-state index in [0.29, 0.717) is 16.6 Å². The summed E-state index contributed by atoms with van der Waals surface area (Å²) in [4.78, 5) is 0. The first-order chi connectivity index (χ1) is 8.25. The molecule has 0 saturated heterocycles. The molecule has 2 bridgehead atoms. The maximum absolute atomic E-state index is 11.9. The van der Waals surface area contributed by atoms with Crippen LogP contribution in [0, 0.1) is 11.8 Å². The van der Waals surface area contributed by atoms with Crippen LogP contribution in [-0.2, 0) is 14.8 Å². The molecule has 2 aliphatic carbocycles. The standard InChI is InChI=1S/C10H16F3NO3S/c11-10(12,13)14-18(15,16)4-3-17-9-6-7-1-2-8(9)5-7/h7-9,14H,1-6H2. The Bertz CT molecular complexity index is 396. The average molecular weight is 287 g/mol. The van der Waals surface area contributed by atoms with Gasteiger partial charge in [-0.15, -0.1) is 4.72 Å². The molecule has 2 fully saturated rings. The van der Waals surface area contributed by atoms with Crippen LogP contribution in [-0.4, -0.2) is 33.2 Å². The molecule has 106 valence electrons. The Balaban J connectivity index is 1.72. The van der Waals surface area contributed by atoms with Crippen LogP contribution in [0.25, 0.3) is 0 Å². The number of ether oxygens (including phenoxy) is 1. The van der Waals surface area contributed by atoms with Crippen LogP contribution in [0.2, 0.25) is 0 Å². The van der Waals surface area contributed by atoms with Gasteiger partial charge >= 0.3 is 6.30 Å². The summed E-state index contributed by atoms with van der Waals surface area (Å²) in [7, 11) is -4.34. The van der Waals surface area contributed by atoms with Gasteiger partial charge in [-0.2, -0.15) is 13.2 Å². The van der Waals surface area contributed by atoms with E-state index < -0.39 is 22.1 Å². The molecule has 3 unspecified atom stereocenters. The summed E-state index contributed by atoms with van der Waals surface area (Å²) in [6.07, 6.45) is -0.577. The first kappa shape index (κ1) is 14.1. The third-order valence-electron chi connectivity index (χ3n) is 3.63. The van der Waals surface area contributed by atoms with Crippen molar-refractivity contribution in [3.05, 3.63) is 0 Å². The highest BCUT2D eigenvalue weighted by molar-refractivity contribution is 7.89. The Kier molecular flexibility index (Phi) is 3.89. The van der Waals surface area contributed by atoms with Crippen LogP contribution in [0.1, 0.15) is 25.7 Å². The minimum Gasteiger partial charge on any atom is -0.377 e. The van der Waals surface area contributed by atoms with Crippen LogP contribution in [0.4, 0.5) is 13.2 Å². The van der Waals surface area contributed by atoms with E-state index in [9.17, 15) is 21.6 Å². The fourth-order valence-corrected chi connectivity index (χ4v) is 3.70. The molecule has 0 aromatic heterocycles. The SMILES string of the molecule is O=S(=O)(CCOC1CC2CCC1C2)NC(F)(F)F. The van der Waals surface area contributed by atoms with Crippen molar-refractivity contribution in [1.82, 2.24) is 4.72 Å². The molecular formula is C10H16F3NO3S. The third kappa shape index (κ3) is 3.83. The van der Waals surface area contributed by atoms with Crippen LogP contribution in [0.3, 0.4) is 0 Å². The predicted molar refractivity (Wildman–Crippen MR) is 58.2 cm³/mol. The number of rotatable bonds is 5. The number of sulfonamides is 1. The van der Waals surface area contributed by atoms with Gasteiger partial charge in [0.2, 0.25) is 10.0 Å². The Morgan fingerprint density at radius 2 is 1.94 bits per heavy atom. The summed E-state index contributed by atoms with van der Waals surface area (Å²) in [6, 6.07) is 0. The van der Waals surface area contributed by atoms with E-state index >= 15 is 0 Å². The van der Waals surface area contributed by atoms with E-state index in [-0.39, 0.29) is 12.7 Å². The molecule has 0 heterocycles. The molecular weight excluding hydrogens is 271 g/mol. The van der Waals surface area contributed by atoms with Crippen LogP contribution >= 0.6 is 0 Å². The number of halogens is 3. The monoisotopic (exact) mass is 287 g/mol. The van der Waals surface area contributed by atoms with Crippen molar-refractivity contribution in [1.29, 1.82) is 0 Å². The Morgan fingerprint density at radius 3 is 2.44 bits per heavy atom. The van der Waals surface area contributed by atoms with Crippen molar-refractivity contribution in [2.75, 3.05) is 12.4 Å². The maximum Gasteiger partial charge on any atom is 0.470 e. The first-order valence-electron chi connectivity index (χ1n) is 5.95. The number of hydrogen-bond donors (Lipinski definition) is 1. The molecule has 0 aliphatic heterocycles. The second-order valence-electron chi connectivity index (χ2n) is 5.00. The summed E-state index contributed by atoms with van der Waals surface area (Å²) in [6.45, 7) is -0.181. The van der Waals surface area contributed by atoms with Gasteiger partial charge in [0.15, 0.2) is 0 Å². The predicted octanol–water partition coefficient (Wildman–Crippen LogP) is 1.63. The van der Waals surface area contributed by atoms with Crippen LogP contribution < -0.4 is 4.72 Å². The Labute approximate surface area is 104 Å². The van der Waals surface area contributed by atoms with Crippen molar-refractivity contribution in [2.45, 2.75) is 38.1 Å². The van der Waals surface area contributed by atoms with Gasteiger partial charge in [0.25, 0.3) is 0 Å². The molecule has 1 N–H and O–H groups in total. The van der Waals surface area contributed by atoms with Crippen molar-refractivity contribution in [2.24, 2.45) is 11.8 Å². The van der Waals surface area contributed by atoms with Gasteiger partial charge in [0.1, 0.15) is 0 Å². The second-order valence-corrected chi connectivity index (χ2v) is 6.84. The van der Waals surface area contributed by atoms with Gasteiger partial charge in [-0.3, -0.25) is 0 Å². The summed E-state index contributed by atoms with van der Waals surface area (Å²) >= 11 is 0. The Hall–Kier alpha value is -0.340. The topological polar surface area (TPSA) is 55.4 Å². The van der Waals surface area contributed by atoms with E-state index in [1.54, 1.807) is 0 Å². The lowest BCUT2D eigenvalue weighted by molar-refractivity contribution is -0.138. The summed E-state index contributed by atoms with van der Waals surface area (Å²) in [5.41, 5.74) is 0. The van der Waals surface area contributed by atoms with Gasteiger partial charge < -0.3 is 4.74 Å². The number of fused-ring (bicyclic) bond motifs is 2. The first-order valence-corrected chi connectivity index (χ1v) is 7.60. The third-order valence-corrected chi connectivity index (χ3v) is 4.88. The van der Waals surface area contributed by atoms with Gasteiger partial charge in [0.05, 0.1) is 18.5 Å². The van der Waals surface area contributed by atoms with Gasteiger partial charge in [-0.1, -0.05) is 0 Å². The Morgan fingerprint density at radius 1 is 1.22 bits per heavy atom. The van der Waals surface area contributed by atoms with Crippen LogP contribution in [0.5, 0.6) is 0 Å². The largest absolute Gasteiger partial charge is 0.470 e. The molecule has 4 nitrogen and oxygen atoms in total. The molecule has 0 radical (unpaired) electrons. The smallest absolute Gasteiger partial charge is 0.377 e. The van der Waals surface area contributed by atoms with Gasteiger partial charge in [0, 0.05) is 0 Å². The molecule has 3 atom stereocenters. The van der Waals surface area contributed by atoms with E-state index in [0.717, 1.165) is 19.3 Å². The zero-order valence-electron chi connectivity index (χ0n) is 9.74. The van der Waals surface area contributed by atoms with E-state index in [4.69, 9.17) is 4.74 Å². The summed E-state index contributed by atoms with van der Waals surface area (Å²) in [5, 5.41) is 0. The molecule has 2 saturated carbocycles. The van der Waals surface area contributed by atoms with Crippen molar-refractivity contribution in [3.63, 3.8) is 0 Å². The second kappa shape index (κ2) is 4.97. The summed E-state index contributed by atoms with van der Waals surface area (Å²) in [5.74, 6) is 0.471. The minimum atomic E-state index is -4.91. The highest BCUT2D eigenvalue weighted by atomic mass is 32.2. The number of hydrogen-bond acceptors (Lipinski definition) is 3. The fourth-order valence-electron chi connectivity index (χ4n) is 2.93. The molecule has 0 amide bonds. The molecule has 8 heteroatoms. The lowest BCUT2D eigenvalue weighted by Gasteiger charge is -2.22. The van der Waals surface area contributed by atoms with Gasteiger partial charge in [-0.05, 0) is 37.5 Å². The lowest BCUT2D eigenvalue weighted by Crippen LogP contribution is -2.40. The van der Waals surface area contributed by atoms with Crippen molar-refractivity contribution in [3.8, 4) is 0 Å². The zero-order valence-corrected chi connectivity index (χ0v) is 10.6. The lowest BCUT2D eigenvalue weighted by atomic mass is 9.98. The molecule has 2 rings (SSSR count). The number of alkyl halides is 3. The average Bonchev–Trinajstić information content (AvgIpc) is 2.74. The molecule has 0 aromatic carbocycles. The molecule has 0 spiro atoms. The van der Waals surface area contributed by atoms with Crippen molar-refractivity contribution >= 4 is 10.0 Å². The van der Waals surface area contributed by atoms with Crippen LogP contribution in [0.15, 0.2) is 0 Å².